The average Bonchev–Trinajstić information content (AvgIpc) is 2.90. The first kappa shape index (κ1) is 14.7. The Hall–Kier alpha value is -2.20. The number of nitrogens with one attached hydrogen (secondary N) is 1. The minimum absolute atomic E-state index is 0.0356. The Balaban J connectivity index is 1.43. The lowest BCUT2D eigenvalue weighted by atomic mass is 10.1. The van der Waals surface area contributed by atoms with Crippen LogP contribution >= 0.6 is 11.6 Å². The zero-order valence-corrected chi connectivity index (χ0v) is 12.7. The molecule has 1 amide bonds. The predicted molar refractivity (Wildman–Crippen MR) is 84.7 cm³/mol. The van der Waals surface area contributed by atoms with Crippen molar-refractivity contribution in [1.29, 1.82) is 0 Å². The first-order valence-corrected chi connectivity index (χ1v) is 7.52. The number of amides is 1. The fourth-order valence-electron chi connectivity index (χ4n) is 2.25. The van der Waals surface area contributed by atoms with Crippen LogP contribution in [0, 0.1) is 0 Å². The van der Waals surface area contributed by atoms with Crippen LogP contribution < -0.4 is 14.8 Å². The summed E-state index contributed by atoms with van der Waals surface area (Å²) >= 11 is 5.81. The smallest absolute Gasteiger partial charge is 0.252 e. The zero-order chi connectivity index (χ0) is 15.4. The van der Waals surface area contributed by atoms with E-state index in [1.807, 2.05) is 24.3 Å². The molecule has 0 aliphatic carbocycles. The fourth-order valence-corrected chi connectivity index (χ4v) is 2.38. The Labute approximate surface area is 134 Å². The number of fused-ring (bicyclic) bond motifs is 1. The SMILES string of the molecule is O=C1NCc2ccc(OCCCOc3ccc(Cl)cc3)cc21. The van der Waals surface area contributed by atoms with Crippen molar-refractivity contribution in [2.75, 3.05) is 13.2 Å². The van der Waals surface area contributed by atoms with Gasteiger partial charge in [0.05, 0.1) is 13.2 Å². The van der Waals surface area contributed by atoms with E-state index in [9.17, 15) is 4.79 Å². The third-order valence-electron chi connectivity index (χ3n) is 3.41. The molecule has 1 heterocycles. The van der Waals surface area contributed by atoms with E-state index in [2.05, 4.69) is 5.32 Å². The summed E-state index contributed by atoms with van der Waals surface area (Å²) in [6, 6.07) is 12.9. The summed E-state index contributed by atoms with van der Waals surface area (Å²) < 4.78 is 11.2. The number of benzene rings is 2. The molecule has 114 valence electrons. The number of rotatable bonds is 6. The maximum atomic E-state index is 11.6. The van der Waals surface area contributed by atoms with Gasteiger partial charge in [-0.2, -0.15) is 0 Å². The summed E-state index contributed by atoms with van der Waals surface area (Å²) in [6.07, 6.45) is 0.756. The highest BCUT2D eigenvalue weighted by molar-refractivity contribution is 6.30. The van der Waals surface area contributed by atoms with E-state index in [4.69, 9.17) is 21.1 Å². The molecular formula is C17H16ClNO3. The van der Waals surface area contributed by atoms with Crippen molar-refractivity contribution in [3.63, 3.8) is 0 Å². The molecule has 5 heteroatoms. The van der Waals surface area contributed by atoms with Gasteiger partial charge in [-0.05, 0) is 42.0 Å². The molecule has 0 unspecified atom stereocenters. The van der Waals surface area contributed by atoms with Crippen LogP contribution in [0.5, 0.6) is 11.5 Å². The van der Waals surface area contributed by atoms with Crippen LogP contribution in [0.4, 0.5) is 0 Å². The van der Waals surface area contributed by atoms with Gasteiger partial charge in [0.1, 0.15) is 11.5 Å². The molecule has 0 spiro atoms. The molecule has 2 aromatic rings. The molecule has 0 saturated carbocycles. The third kappa shape index (κ3) is 3.52. The van der Waals surface area contributed by atoms with Gasteiger partial charge in [0.15, 0.2) is 0 Å². The summed E-state index contributed by atoms with van der Waals surface area (Å²) in [4.78, 5) is 11.6. The molecule has 1 aliphatic heterocycles. The van der Waals surface area contributed by atoms with E-state index in [-0.39, 0.29) is 5.91 Å². The van der Waals surface area contributed by atoms with E-state index in [0.29, 0.717) is 36.1 Å². The van der Waals surface area contributed by atoms with E-state index in [1.165, 1.54) is 0 Å². The quantitative estimate of drug-likeness (QED) is 0.830. The van der Waals surface area contributed by atoms with Gasteiger partial charge >= 0.3 is 0 Å². The topological polar surface area (TPSA) is 47.6 Å². The second-order valence-corrected chi connectivity index (χ2v) is 5.44. The second kappa shape index (κ2) is 6.71. The van der Waals surface area contributed by atoms with Crippen LogP contribution in [0.2, 0.25) is 5.02 Å². The number of halogens is 1. The Morgan fingerprint density at radius 3 is 2.45 bits per heavy atom. The predicted octanol–water partition coefficient (Wildman–Crippen LogP) is 3.43. The minimum atomic E-state index is -0.0356. The van der Waals surface area contributed by atoms with Crippen molar-refractivity contribution < 1.29 is 14.3 Å². The standard InChI is InChI=1S/C17H16ClNO3/c18-13-3-6-14(7-4-13)21-8-1-9-22-15-5-2-12-11-19-17(20)16(12)10-15/h2-7,10H,1,8-9,11H2,(H,19,20). The monoisotopic (exact) mass is 317 g/mol. The minimum Gasteiger partial charge on any atom is -0.493 e. The van der Waals surface area contributed by atoms with Crippen LogP contribution in [-0.2, 0) is 6.54 Å². The third-order valence-corrected chi connectivity index (χ3v) is 3.66. The highest BCUT2D eigenvalue weighted by Gasteiger charge is 2.18. The summed E-state index contributed by atoms with van der Waals surface area (Å²) in [5.41, 5.74) is 1.72. The van der Waals surface area contributed by atoms with Crippen molar-refractivity contribution in [2.24, 2.45) is 0 Å². The molecule has 2 aromatic carbocycles. The number of hydrogen-bond donors (Lipinski definition) is 1. The summed E-state index contributed by atoms with van der Waals surface area (Å²) in [5, 5.41) is 3.48. The van der Waals surface area contributed by atoms with E-state index >= 15 is 0 Å². The highest BCUT2D eigenvalue weighted by Crippen LogP contribution is 2.22. The molecule has 0 fully saturated rings. The Morgan fingerprint density at radius 1 is 1.00 bits per heavy atom. The normalized spacial score (nSPS) is 12.7. The van der Waals surface area contributed by atoms with Gasteiger partial charge in [0.25, 0.3) is 5.91 Å². The van der Waals surface area contributed by atoms with Gasteiger partial charge in [-0.25, -0.2) is 0 Å². The average molecular weight is 318 g/mol. The molecule has 0 aromatic heterocycles. The van der Waals surface area contributed by atoms with Crippen molar-refractivity contribution in [3.8, 4) is 11.5 Å². The fraction of sp³-hybridized carbons (Fsp3) is 0.235. The van der Waals surface area contributed by atoms with Crippen LogP contribution in [0.1, 0.15) is 22.3 Å². The maximum absolute atomic E-state index is 11.6. The summed E-state index contributed by atoms with van der Waals surface area (Å²) in [6.45, 7) is 1.70. The molecule has 0 bridgehead atoms. The number of carbonyl (C=O) groups is 1. The lowest BCUT2D eigenvalue weighted by molar-refractivity contribution is 0.0965. The van der Waals surface area contributed by atoms with Gasteiger partial charge in [-0.15, -0.1) is 0 Å². The first-order chi connectivity index (χ1) is 10.7. The summed E-state index contributed by atoms with van der Waals surface area (Å²) in [7, 11) is 0. The van der Waals surface area contributed by atoms with Crippen molar-refractivity contribution in [3.05, 3.63) is 58.6 Å². The van der Waals surface area contributed by atoms with Crippen molar-refractivity contribution >= 4 is 17.5 Å². The van der Waals surface area contributed by atoms with Gasteiger partial charge in [0.2, 0.25) is 0 Å². The first-order valence-electron chi connectivity index (χ1n) is 7.15. The van der Waals surface area contributed by atoms with Gasteiger partial charge < -0.3 is 14.8 Å². The molecule has 0 atom stereocenters. The van der Waals surface area contributed by atoms with Crippen molar-refractivity contribution in [2.45, 2.75) is 13.0 Å². The molecule has 0 radical (unpaired) electrons. The number of ether oxygens (including phenoxy) is 2. The molecule has 0 saturated heterocycles. The van der Waals surface area contributed by atoms with Crippen LogP contribution in [0.3, 0.4) is 0 Å². The Kier molecular flexibility index (Phi) is 4.49. The second-order valence-electron chi connectivity index (χ2n) is 5.01. The van der Waals surface area contributed by atoms with Crippen LogP contribution in [0.25, 0.3) is 0 Å². The van der Waals surface area contributed by atoms with Crippen LogP contribution in [-0.4, -0.2) is 19.1 Å². The van der Waals surface area contributed by atoms with Crippen LogP contribution in [0.15, 0.2) is 42.5 Å². The highest BCUT2D eigenvalue weighted by atomic mass is 35.5. The molecule has 3 rings (SSSR count). The summed E-state index contributed by atoms with van der Waals surface area (Å²) in [5.74, 6) is 1.47. The molecular weight excluding hydrogens is 302 g/mol. The largest absolute Gasteiger partial charge is 0.493 e. The molecule has 4 nitrogen and oxygen atoms in total. The van der Waals surface area contributed by atoms with Crippen molar-refractivity contribution in [1.82, 2.24) is 5.32 Å². The van der Waals surface area contributed by atoms with E-state index in [0.717, 1.165) is 17.7 Å². The molecule has 22 heavy (non-hydrogen) atoms. The number of carbonyl (C=O) groups excluding carboxylic acids is 1. The number of hydrogen-bond acceptors (Lipinski definition) is 3. The van der Waals surface area contributed by atoms with E-state index < -0.39 is 0 Å². The van der Waals surface area contributed by atoms with Gasteiger partial charge in [0, 0.05) is 23.6 Å². The molecule has 1 aliphatic rings. The molecule has 1 N–H and O–H groups in total. The lowest BCUT2D eigenvalue weighted by Gasteiger charge is -2.09. The maximum Gasteiger partial charge on any atom is 0.252 e. The van der Waals surface area contributed by atoms with Gasteiger partial charge in [-0.1, -0.05) is 17.7 Å². The van der Waals surface area contributed by atoms with Gasteiger partial charge in [-0.3, -0.25) is 4.79 Å². The zero-order valence-electron chi connectivity index (χ0n) is 12.0. The Morgan fingerprint density at radius 2 is 1.68 bits per heavy atom. The van der Waals surface area contributed by atoms with E-state index in [1.54, 1.807) is 18.2 Å². The Bertz CT molecular complexity index is 670. The lowest BCUT2D eigenvalue weighted by Crippen LogP contribution is -2.12.